The second-order valence-corrected chi connectivity index (χ2v) is 5.36. The van der Waals surface area contributed by atoms with E-state index in [1.54, 1.807) is 18.2 Å². The fraction of sp³-hybridized carbons (Fsp3) is 0.250. The molecule has 4 nitrogen and oxygen atoms in total. The summed E-state index contributed by atoms with van der Waals surface area (Å²) in [7, 11) is -3.53. The number of carbonyl (C=O) groups excluding carboxylic acids is 1. The molecule has 0 unspecified atom stereocenters. The third-order valence-corrected chi connectivity index (χ3v) is 4.09. The number of carbonyl (C=O) groups is 1. The molecule has 17 heavy (non-hydrogen) atoms. The molecule has 0 aliphatic heterocycles. The number of benzene rings is 1. The molecular weight excluding hydrogens is 238 g/mol. The van der Waals surface area contributed by atoms with Crippen LogP contribution in [0, 0.1) is 0 Å². The maximum Gasteiger partial charge on any atom is 0.243 e. The van der Waals surface area contributed by atoms with Crippen molar-refractivity contribution >= 4 is 16.3 Å². The number of hydrogen-bond donors (Lipinski definition) is 0. The van der Waals surface area contributed by atoms with Crippen LogP contribution in [-0.4, -0.2) is 32.1 Å². The van der Waals surface area contributed by atoms with Gasteiger partial charge in [0, 0.05) is 19.5 Å². The highest BCUT2D eigenvalue weighted by Gasteiger charge is 2.22. The Morgan fingerprint density at radius 1 is 1.24 bits per heavy atom. The minimum absolute atomic E-state index is 0.173. The molecule has 0 saturated heterocycles. The molecule has 0 aliphatic rings. The van der Waals surface area contributed by atoms with Crippen LogP contribution in [-0.2, 0) is 14.8 Å². The average molecular weight is 253 g/mol. The molecule has 0 amide bonds. The fourth-order valence-corrected chi connectivity index (χ4v) is 2.84. The summed E-state index contributed by atoms with van der Waals surface area (Å²) in [6, 6.07) is 8.15. The zero-order valence-electron chi connectivity index (χ0n) is 9.45. The largest absolute Gasteiger partial charge is 0.303 e. The molecule has 0 bridgehead atoms. The minimum atomic E-state index is -3.53. The molecule has 0 saturated carbocycles. The van der Waals surface area contributed by atoms with Crippen LogP contribution >= 0.6 is 0 Å². The van der Waals surface area contributed by atoms with Crippen molar-refractivity contribution in [3.05, 3.63) is 43.0 Å². The van der Waals surface area contributed by atoms with Crippen LogP contribution in [0.4, 0.5) is 0 Å². The van der Waals surface area contributed by atoms with Crippen LogP contribution in [0.25, 0.3) is 0 Å². The highest BCUT2D eigenvalue weighted by Crippen LogP contribution is 2.15. The monoisotopic (exact) mass is 253 g/mol. The molecule has 1 rings (SSSR count). The number of aldehydes is 1. The lowest BCUT2D eigenvalue weighted by molar-refractivity contribution is -0.107. The second-order valence-electron chi connectivity index (χ2n) is 3.42. The molecular formula is C12H15NO3S. The molecule has 1 aromatic carbocycles. The van der Waals surface area contributed by atoms with Crippen LogP contribution in [0.5, 0.6) is 0 Å². The summed E-state index contributed by atoms with van der Waals surface area (Å²) in [5.41, 5.74) is 0. The van der Waals surface area contributed by atoms with Gasteiger partial charge >= 0.3 is 0 Å². The Bertz CT molecular complexity index is 468. The molecule has 0 N–H and O–H groups in total. The molecule has 0 radical (unpaired) electrons. The van der Waals surface area contributed by atoms with E-state index in [1.807, 2.05) is 0 Å². The Balaban J connectivity index is 2.99. The Hall–Kier alpha value is -1.46. The molecule has 0 spiro atoms. The van der Waals surface area contributed by atoms with Gasteiger partial charge in [0.25, 0.3) is 0 Å². The molecule has 5 heteroatoms. The maximum absolute atomic E-state index is 12.2. The van der Waals surface area contributed by atoms with E-state index in [4.69, 9.17) is 0 Å². The van der Waals surface area contributed by atoms with Gasteiger partial charge in [-0.25, -0.2) is 8.42 Å². The van der Waals surface area contributed by atoms with Gasteiger partial charge in [-0.05, 0) is 12.1 Å². The summed E-state index contributed by atoms with van der Waals surface area (Å²) in [6.07, 6.45) is 2.39. The van der Waals surface area contributed by atoms with E-state index in [-0.39, 0.29) is 24.4 Å². The van der Waals surface area contributed by atoms with Gasteiger partial charge in [-0.2, -0.15) is 4.31 Å². The maximum atomic E-state index is 12.2. The number of sulfonamides is 1. The summed E-state index contributed by atoms with van der Waals surface area (Å²) in [5, 5.41) is 0. The van der Waals surface area contributed by atoms with Crippen LogP contribution < -0.4 is 0 Å². The number of nitrogens with zero attached hydrogens (tertiary/aromatic N) is 1. The molecule has 0 atom stereocenters. The van der Waals surface area contributed by atoms with Crippen molar-refractivity contribution in [2.75, 3.05) is 13.1 Å². The van der Waals surface area contributed by atoms with E-state index in [2.05, 4.69) is 6.58 Å². The number of hydrogen-bond acceptors (Lipinski definition) is 3. The Kier molecular flexibility index (Phi) is 5.06. The Morgan fingerprint density at radius 3 is 2.41 bits per heavy atom. The molecule has 92 valence electrons. The predicted octanol–water partition coefficient (Wildman–Crippen LogP) is 1.45. The van der Waals surface area contributed by atoms with Crippen LogP contribution in [0.1, 0.15) is 6.42 Å². The second kappa shape index (κ2) is 6.32. The minimum Gasteiger partial charge on any atom is -0.303 e. The summed E-state index contributed by atoms with van der Waals surface area (Å²) in [4.78, 5) is 10.6. The molecule has 0 fully saturated rings. The van der Waals surface area contributed by atoms with E-state index < -0.39 is 10.0 Å². The summed E-state index contributed by atoms with van der Waals surface area (Å²) in [5.74, 6) is 0. The van der Waals surface area contributed by atoms with E-state index in [9.17, 15) is 13.2 Å². The lowest BCUT2D eigenvalue weighted by Crippen LogP contribution is -2.32. The first-order valence-corrected chi connectivity index (χ1v) is 6.66. The first-order chi connectivity index (χ1) is 8.12. The van der Waals surface area contributed by atoms with Gasteiger partial charge in [-0.15, -0.1) is 6.58 Å². The van der Waals surface area contributed by atoms with Crippen molar-refractivity contribution in [1.29, 1.82) is 0 Å². The normalized spacial score (nSPS) is 11.4. The van der Waals surface area contributed by atoms with Crippen molar-refractivity contribution in [3.63, 3.8) is 0 Å². The van der Waals surface area contributed by atoms with Gasteiger partial charge in [0.05, 0.1) is 4.90 Å². The zero-order chi connectivity index (χ0) is 12.7. The summed E-state index contributed by atoms with van der Waals surface area (Å²) < 4.78 is 25.6. The van der Waals surface area contributed by atoms with Crippen LogP contribution in [0.15, 0.2) is 47.9 Å². The smallest absolute Gasteiger partial charge is 0.243 e. The first kappa shape index (κ1) is 13.6. The van der Waals surface area contributed by atoms with Crippen molar-refractivity contribution in [2.45, 2.75) is 11.3 Å². The highest BCUT2D eigenvalue weighted by atomic mass is 32.2. The van der Waals surface area contributed by atoms with Crippen molar-refractivity contribution in [3.8, 4) is 0 Å². The van der Waals surface area contributed by atoms with Gasteiger partial charge in [0.15, 0.2) is 0 Å². The summed E-state index contributed by atoms with van der Waals surface area (Å²) >= 11 is 0. The van der Waals surface area contributed by atoms with Gasteiger partial charge in [0.2, 0.25) is 10.0 Å². The Morgan fingerprint density at radius 2 is 1.88 bits per heavy atom. The molecule has 1 aromatic rings. The van der Waals surface area contributed by atoms with Gasteiger partial charge in [-0.3, -0.25) is 0 Å². The van der Waals surface area contributed by atoms with Gasteiger partial charge < -0.3 is 4.79 Å². The third kappa shape index (κ3) is 3.51. The lowest BCUT2D eigenvalue weighted by Gasteiger charge is -2.19. The quantitative estimate of drug-likeness (QED) is 0.546. The molecule has 0 aliphatic carbocycles. The van der Waals surface area contributed by atoms with E-state index >= 15 is 0 Å². The van der Waals surface area contributed by atoms with Crippen molar-refractivity contribution in [2.24, 2.45) is 0 Å². The van der Waals surface area contributed by atoms with Crippen molar-refractivity contribution in [1.82, 2.24) is 4.31 Å². The fourth-order valence-electron chi connectivity index (χ4n) is 1.39. The third-order valence-electron chi connectivity index (χ3n) is 2.21. The van der Waals surface area contributed by atoms with E-state index in [0.717, 1.165) is 0 Å². The Labute approximate surface area is 102 Å². The highest BCUT2D eigenvalue weighted by molar-refractivity contribution is 7.89. The number of rotatable bonds is 7. The predicted molar refractivity (Wildman–Crippen MR) is 66.1 cm³/mol. The summed E-state index contributed by atoms with van der Waals surface area (Å²) in [6.45, 7) is 3.89. The zero-order valence-corrected chi connectivity index (χ0v) is 10.3. The average Bonchev–Trinajstić information content (AvgIpc) is 2.35. The van der Waals surface area contributed by atoms with Gasteiger partial charge in [0.1, 0.15) is 6.29 Å². The van der Waals surface area contributed by atoms with Crippen LogP contribution in [0.2, 0.25) is 0 Å². The topological polar surface area (TPSA) is 54.5 Å². The van der Waals surface area contributed by atoms with Gasteiger partial charge in [-0.1, -0.05) is 24.3 Å². The van der Waals surface area contributed by atoms with E-state index in [0.29, 0.717) is 6.29 Å². The first-order valence-electron chi connectivity index (χ1n) is 5.22. The van der Waals surface area contributed by atoms with E-state index in [1.165, 1.54) is 22.5 Å². The van der Waals surface area contributed by atoms with Crippen LogP contribution in [0.3, 0.4) is 0 Å². The lowest BCUT2D eigenvalue weighted by atomic mass is 10.4. The van der Waals surface area contributed by atoms with Crippen molar-refractivity contribution < 1.29 is 13.2 Å². The molecule has 0 aromatic heterocycles. The SMILES string of the molecule is C=CCN(CCC=O)S(=O)(=O)c1ccccc1. The molecule has 0 heterocycles. The standard InChI is InChI=1S/C12H15NO3S/c1-2-9-13(10-6-11-14)17(15,16)12-7-4-3-5-8-12/h2-5,7-8,11H,1,6,9-10H2.